The van der Waals surface area contributed by atoms with Gasteiger partial charge in [0.15, 0.2) is 5.78 Å². The van der Waals surface area contributed by atoms with Crippen molar-refractivity contribution in [2.24, 2.45) is 0 Å². The summed E-state index contributed by atoms with van der Waals surface area (Å²) in [6, 6.07) is -0.188. The number of hydrogen-bond donors (Lipinski definition) is 2. The summed E-state index contributed by atoms with van der Waals surface area (Å²) < 4.78 is 15.9. The first-order valence-electron chi connectivity index (χ1n) is 11.8. The van der Waals surface area contributed by atoms with Gasteiger partial charge in [-0.05, 0) is 19.3 Å². The van der Waals surface area contributed by atoms with E-state index >= 15 is 0 Å². The highest BCUT2D eigenvalue weighted by atomic mass is 16.5. The number of carbonyl (C=O) groups is 4. The normalized spacial score (nSPS) is 17.8. The van der Waals surface area contributed by atoms with Crippen LogP contribution < -0.4 is 5.32 Å². The summed E-state index contributed by atoms with van der Waals surface area (Å²) in [6.07, 6.45) is 3.44. The van der Waals surface area contributed by atoms with E-state index in [1.54, 1.807) is 18.9 Å². The maximum absolute atomic E-state index is 12.3. The second-order valence-electron chi connectivity index (χ2n) is 8.13. The van der Waals surface area contributed by atoms with Crippen LogP contribution in [-0.4, -0.2) is 98.8 Å². The van der Waals surface area contributed by atoms with Crippen LogP contribution in [-0.2, 0) is 33.4 Å². The van der Waals surface area contributed by atoms with Gasteiger partial charge in [0.1, 0.15) is 12.4 Å². The fourth-order valence-corrected chi connectivity index (χ4v) is 3.52. The zero-order valence-electron chi connectivity index (χ0n) is 20.0. The quantitative estimate of drug-likeness (QED) is 0.262. The van der Waals surface area contributed by atoms with Gasteiger partial charge in [0.05, 0.1) is 38.6 Å². The lowest BCUT2D eigenvalue weighted by molar-refractivity contribution is -0.133. The average molecular weight is 473 g/mol. The molecule has 0 spiro atoms. The maximum Gasteiger partial charge on any atom is 0.222 e. The third-order valence-electron chi connectivity index (χ3n) is 5.57. The summed E-state index contributed by atoms with van der Waals surface area (Å²) in [6.45, 7) is 3.50. The third kappa shape index (κ3) is 12.8. The van der Waals surface area contributed by atoms with Crippen molar-refractivity contribution in [3.63, 3.8) is 0 Å². The Bertz CT molecular complexity index is 613. The molecule has 0 aromatic carbocycles. The van der Waals surface area contributed by atoms with Crippen LogP contribution in [0.25, 0.3) is 0 Å². The van der Waals surface area contributed by atoms with Crippen molar-refractivity contribution in [2.45, 2.75) is 70.4 Å². The van der Waals surface area contributed by atoms with E-state index in [0.717, 1.165) is 0 Å². The molecule has 33 heavy (non-hydrogen) atoms. The number of methoxy groups -OCH3 is 1. The predicted octanol–water partition coefficient (Wildman–Crippen LogP) is 0.633. The molecule has 0 aliphatic carbocycles. The van der Waals surface area contributed by atoms with Crippen molar-refractivity contribution in [2.75, 3.05) is 53.2 Å². The number of Topliss-reactive ketones (excluding diaryl/α,β-unsaturated/α-hetero) is 2. The van der Waals surface area contributed by atoms with Crippen LogP contribution in [0.2, 0.25) is 0 Å². The van der Waals surface area contributed by atoms with Crippen molar-refractivity contribution in [1.29, 1.82) is 0 Å². The Morgan fingerprint density at radius 2 is 1.70 bits per heavy atom. The number of amides is 2. The van der Waals surface area contributed by atoms with Gasteiger partial charge in [0, 0.05) is 52.3 Å². The van der Waals surface area contributed by atoms with Gasteiger partial charge < -0.3 is 29.5 Å². The second kappa shape index (κ2) is 17.6. The largest absolute Gasteiger partial charge is 0.394 e. The summed E-state index contributed by atoms with van der Waals surface area (Å²) in [7, 11) is 1.60. The molecule has 1 fully saturated rings. The van der Waals surface area contributed by atoms with Gasteiger partial charge in [-0.25, -0.2) is 0 Å². The van der Waals surface area contributed by atoms with E-state index in [9.17, 15) is 24.3 Å². The molecule has 0 radical (unpaired) electrons. The summed E-state index contributed by atoms with van der Waals surface area (Å²) in [5.41, 5.74) is 0. The highest BCUT2D eigenvalue weighted by molar-refractivity contribution is 5.84. The fourth-order valence-electron chi connectivity index (χ4n) is 3.52. The molecule has 0 saturated carbocycles. The van der Waals surface area contributed by atoms with Crippen molar-refractivity contribution in [3.05, 3.63) is 0 Å². The van der Waals surface area contributed by atoms with Gasteiger partial charge in [0.25, 0.3) is 0 Å². The minimum atomic E-state index is -0.188. The summed E-state index contributed by atoms with van der Waals surface area (Å²) >= 11 is 0. The highest BCUT2D eigenvalue weighted by Crippen LogP contribution is 2.21. The highest BCUT2D eigenvalue weighted by Gasteiger charge is 2.34. The first kappa shape index (κ1) is 29.2. The van der Waals surface area contributed by atoms with E-state index < -0.39 is 0 Å². The number of carbonyl (C=O) groups excluding carboxylic acids is 4. The monoisotopic (exact) mass is 472 g/mol. The van der Waals surface area contributed by atoms with Crippen LogP contribution in [0.3, 0.4) is 0 Å². The number of nitrogens with zero attached hydrogens (tertiary/aromatic N) is 1. The number of likely N-dealkylation sites (tertiary alicyclic amines) is 1. The first-order valence-corrected chi connectivity index (χ1v) is 11.8. The molecule has 0 unspecified atom stereocenters. The smallest absolute Gasteiger partial charge is 0.222 e. The number of unbranched alkanes of at least 4 members (excludes halogenated alkanes) is 1. The molecule has 10 heteroatoms. The lowest BCUT2D eigenvalue weighted by atomic mass is 10.1. The Kier molecular flexibility index (Phi) is 15.5. The van der Waals surface area contributed by atoms with E-state index in [-0.39, 0.29) is 68.2 Å². The molecule has 1 rings (SSSR count). The summed E-state index contributed by atoms with van der Waals surface area (Å²) in [5.74, 6) is -0.137. The van der Waals surface area contributed by atoms with Gasteiger partial charge in [-0.3, -0.25) is 19.2 Å². The SMILES string of the molecule is CCC(=O)CCC(=O)NCCOCCOCC(=O)CCCCC(=O)N1C[C@@H](OC)C[C@@H]1CO. The first-order chi connectivity index (χ1) is 15.9. The van der Waals surface area contributed by atoms with Crippen LogP contribution in [0.5, 0.6) is 0 Å². The zero-order chi connectivity index (χ0) is 24.5. The van der Waals surface area contributed by atoms with Crippen molar-refractivity contribution >= 4 is 23.4 Å². The standard InChI is InChI=1S/C23H40N2O8/c1-3-19(27)8-9-22(29)24-10-11-32-12-13-33-17-20(28)6-4-5-7-23(30)25-15-21(31-2)14-18(25)16-26/h18,21,26H,3-17H2,1-2H3,(H,24,29)/t18-,21+/m1/s1. The summed E-state index contributed by atoms with van der Waals surface area (Å²) in [5, 5.41) is 12.1. The number of hydrogen-bond acceptors (Lipinski definition) is 8. The number of ether oxygens (including phenoxy) is 3. The molecule has 1 aliphatic heterocycles. The van der Waals surface area contributed by atoms with Crippen LogP contribution in [0.15, 0.2) is 0 Å². The van der Waals surface area contributed by atoms with E-state index in [4.69, 9.17) is 14.2 Å². The van der Waals surface area contributed by atoms with Gasteiger partial charge in [0.2, 0.25) is 11.8 Å². The molecule has 10 nitrogen and oxygen atoms in total. The van der Waals surface area contributed by atoms with Crippen molar-refractivity contribution < 1.29 is 38.5 Å². The lowest BCUT2D eigenvalue weighted by Gasteiger charge is -2.22. The van der Waals surface area contributed by atoms with Crippen LogP contribution >= 0.6 is 0 Å². The molecule has 0 aromatic heterocycles. The third-order valence-corrected chi connectivity index (χ3v) is 5.57. The molecule has 1 heterocycles. The van der Waals surface area contributed by atoms with Crippen molar-refractivity contribution in [1.82, 2.24) is 10.2 Å². The molecule has 1 saturated heterocycles. The van der Waals surface area contributed by atoms with E-state index in [2.05, 4.69) is 5.32 Å². The fraction of sp³-hybridized carbons (Fsp3) is 0.826. The molecule has 0 bridgehead atoms. The van der Waals surface area contributed by atoms with Crippen LogP contribution in [0, 0.1) is 0 Å². The molecule has 2 N–H and O–H groups in total. The lowest BCUT2D eigenvalue weighted by Crippen LogP contribution is -2.37. The molecule has 2 atom stereocenters. The Hall–Kier alpha value is -1.88. The second-order valence-corrected chi connectivity index (χ2v) is 8.13. The molecular formula is C23H40N2O8. The molecule has 2 amide bonds. The Morgan fingerprint density at radius 1 is 0.970 bits per heavy atom. The Balaban J connectivity index is 1.96. The van der Waals surface area contributed by atoms with Crippen LogP contribution in [0.1, 0.15) is 58.3 Å². The molecular weight excluding hydrogens is 432 g/mol. The van der Waals surface area contributed by atoms with Gasteiger partial charge in [-0.2, -0.15) is 0 Å². The number of aliphatic hydroxyl groups is 1. The Morgan fingerprint density at radius 3 is 2.39 bits per heavy atom. The van der Waals surface area contributed by atoms with Gasteiger partial charge in [-0.1, -0.05) is 6.92 Å². The minimum Gasteiger partial charge on any atom is -0.394 e. The maximum atomic E-state index is 12.3. The van der Waals surface area contributed by atoms with Crippen LogP contribution in [0.4, 0.5) is 0 Å². The van der Waals surface area contributed by atoms with E-state index in [1.807, 2.05) is 0 Å². The molecule has 1 aliphatic rings. The number of rotatable bonds is 19. The van der Waals surface area contributed by atoms with Gasteiger partial charge >= 0.3 is 0 Å². The number of ketones is 2. The number of nitrogens with one attached hydrogen (secondary N) is 1. The van der Waals surface area contributed by atoms with Gasteiger partial charge in [-0.15, -0.1) is 0 Å². The Labute approximate surface area is 196 Å². The number of aliphatic hydroxyl groups excluding tert-OH is 1. The molecule has 0 aromatic rings. The predicted molar refractivity (Wildman–Crippen MR) is 121 cm³/mol. The summed E-state index contributed by atoms with van der Waals surface area (Å²) in [4.78, 5) is 48.6. The topological polar surface area (TPSA) is 131 Å². The van der Waals surface area contributed by atoms with E-state index in [1.165, 1.54) is 0 Å². The van der Waals surface area contributed by atoms with Crippen molar-refractivity contribution in [3.8, 4) is 0 Å². The average Bonchev–Trinajstić information content (AvgIpc) is 3.25. The van der Waals surface area contributed by atoms with E-state index in [0.29, 0.717) is 64.8 Å². The minimum absolute atomic E-state index is 0.00767. The zero-order valence-corrected chi connectivity index (χ0v) is 20.0. The molecule has 190 valence electrons.